The van der Waals surface area contributed by atoms with Gasteiger partial charge in [-0.1, -0.05) is 18.2 Å². The molecule has 3 rings (SSSR count). The van der Waals surface area contributed by atoms with Crippen LogP contribution in [0.2, 0.25) is 0 Å². The Labute approximate surface area is 152 Å². The number of hydrogen-bond donors (Lipinski definition) is 3. The van der Waals surface area contributed by atoms with Gasteiger partial charge in [0, 0.05) is 32.0 Å². The number of nitrogen functional groups attached to an aromatic ring is 1. The molecular formula is C18H25N7O. The van der Waals surface area contributed by atoms with E-state index in [1.807, 2.05) is 18.2 Å². The lowest BCUT2D eigenvalue weighted by atomic mass is 10.2. The Bertz CT molecular complexity index is 928. The van der Waals surface area contributed by atoms with E-state index in [4.69, 9.17) is 26.9 Å². The van der Waals surface area contributed by atoms with Crippen LogP contribution in [0.4, 0.5) is 5.82 Å². The zero-order chi connectivity index (χ0) is 18.5. The molecule has 2 heterocycles. The minimum atomic E-state index is 0.128. The largest absolute Gasteiger partial charge is 0.384 e. The van der Waals surface area contributed by atoms with Gasteiger partial charge in [0.15, 0.2) is 11.8 Å². The summed E-state index contributed by atoms with van der Waals surface area (Å²) in [6, 6.07) is 7.99. The number of benzene rings is 1. The van der Waals surface area contributed by atoms with Crippen LogP contribution in [-0.2, 0) is 17.7 Å². The average Bonchev–Trinajstić information content (AvgIpc) is 2.99. The number of para-hydroxylation sites is 1. The molecule has 8 heteroatoms. The second-order valence-electron chi connectivity index (χ2n) is 6.15. The Morgan fingerprint density at radius 1 is 1.19 bits per heavy atom. The molecule has 26 heavy (non-hydrogen) atoms. The first-order valence-corrected chi connectivity index (χ1v) is 8.69. The number of guanidine groups is 1. The van der Waals surface area contributed by atoms with E-state index < -0.39 is 0 Å². The highest BCUT2D eigenvalue weighted by atomic mass is 16.5. The third kappa shape index (κ3) is 3.70. The third-order valence-corrected chi connectivity index (χ3v) is 4.30. The van der Waals surface area contributed by atoms with Crippen LogP contribution in [0.3, 0.4) is 0 Å². The van der Waals surface area contributed by atoms with Gasteiger partial charge in [0.05, 0.1) is 17.6 Å². The van der Waals surface area contributed by atoms with Gasteiger partial charge in [-0.15, -0.1) is 0 Å². The van der Waals surface area contributed by atoms with Crippen molar-refractivity contribution < 1.29 is 4.74 Å². The van der Waals surface area contributed by atoms with Gasteiger partial charge in [-0.3, -0.25) is 4.99 Å². The molecule has 0 saturated heterocycles. The average molecular weight is 355 g/mol. The number of fused-ring (bicyclic) bond motifs is 3. The summed E-state index contributed by atoms with van der Waals surface area (Å²) in [4.78, 5) is 13.3. The summed E-state index contributed by atoms with van der Waals surface area (Å²) >= 11 is 0. The summed E-state index contributed by atoms with van der Waals surface area (Å²) in [6.07, 6.45) is 2.53. The van der Waals surface area contributed by atoms with Crippen molar-refractivity contribution in [3.05, 3.63) is 30.1 Å². The number of anilines is 1. The second-order valence-corrected chi connectivity index (χ2v) is 6.15. The maximum absolute atomic E-state index is 6.18. The Morgan fingerprint density at radius 2 is 2.00 bits per heavy atom. The van der Waals surface area contributed by atoms with Gasteiger partial charge in [-0.25, -0.2) is 9.97 Å². The molecule has 3 aromatic rings. The van der Waals surface area contributed by atoms with Crippen molar-refractivity contribution in [2.45, 2.75) is 25.8 Å². The monoisotopic (exact) mass is 355 g/mol. The van der Waals surface area contributed by atoms with E-state index in [2.05, 4.69) is 20.6 Å². The molecule has 0 aliphatic heterocycles. The summed E-state index contributed by atoms with van der Waals surface area (Å²) in [7, 11) is 1.69. The number of rotatable bonds is 8. The molecule has 0 spiro atoms. The quantitative estimate of drug-likeness (QED) is 0.318. The Kier molecular flexibility index (Phi) is 5.52. The van der Waals surface area contributed by atoms with Crippen LogP contribution in [-0.4, -0.2) is 40.8 Å². The lowest BCUT2D eigenvalue weighted by Crippen LogP contribution is -2.23. The standard InChI is InChI=1S/C18H25N7O/c1-26-11-8-14-24-15-16(25(14)10-5-4-9-22-18(20)21)12-6-2-3-7-13(12)23-17(15)19/h2-3,6-7H,4-5,8-11H2,1H3,(H2,19,23)(H4,20,21,22). The third-order valence-electron chi connectivity index (χ3n) is 4.30. The SMILES string of the molecule is COCCc1nc2c(N)nc3ccccc3c2n1CCCCN=C(N)N. The van der Waals surface area contributed by atoms with Gasteiger partial charge in [-0.2, -0.15) is 0 Å². The highest BCUT2D eigenvalue weighted by Crippen LogP contribution is 2.29. The first kappa shape index (κ1) is 17.9. The van der Waals surface area contributed by atoms with Gasteiger partial charge < -0.3 is 26.5 Å². The topological polar surface area (TPSA) is 130 Å². The molecular weight excluding hydrogens is 330 g/mol. The lowest BCUT2D eigenvalue weighted by molar-refractivity contribution is 0.199. The fourth-order valence-corrected chi connectivity index (χ4v) is 3.12. The van der Waals surface area contributed by atoms with Crippen molar-refractivity contribution >= 4 is 33.7 Å². The predicted molar refractivity (Wildman–Crippen MR) is 105 cm³/mol. The zero-order valence-corrected chi connectivity index (χ0v) is 15.0. The van der Waals surface area contributed by atoms with Crippen molar-refractivity contribution in [2.75, 3.05) is 26.0 Å². The van der Waals surface area contributed by atoms with Crippen molar-refractivity contribution in [3.63, 3.8) is 0 Å². The van der Waals surface area contributed by atoms with Gasteiger partial charge >= 0.3 is 0 Å². The second kappa shape index (κ2) is 8.01. The molecule has 2 aromatic heterocycles. The molecule has 138 valence electrons. The molecule has 0 atom stereocenters. The van der Waals surface area contributed by atoms with E-state index in [9.17, 15) is 0 Å². The maximum atomic E-state index is 6.18. The van der Waals surface area contributed by atoms with Crippen molar-refractivity contribution in [2.24, 2.45) is 16.5 Å². The molecule has 0 aliphatic rings. The van der Waals surface area contributed by atoms with Crippen LogP contribution in [0.25, 0.3) is 21.9 Å². The number of methoxy groups -OCH3 is 1. The molecule has 0 bridgehead atoms. The molecule has 8 nitrogen and oxygen atoms in total. The van der Waals surface area contributed by atoms with Gasteiger partial charge in [-0.05, 0) is 18.9 Å². The molecule has 0 fully saturated rings. The normalized spacial score (nSPS) is 11.3. The van der Waals surface area contributed by atoms with Crippen LogP contribution < -0.4 is 17.2 Å². The van der Waals surface area contributed by atoms with E-state index in [0.29, 0.717) is 25.4 Å². The van der Waals surface area contributed by atoms with Gasteiger partial charge in [0.25, 0.3) is 0 Å². The smallest absolute Gasteiger partial charge is 0.185 e. The Hall–Kier alpha value is -2.87. The van der Waals surface area contributed by atoms with Gasteiger partial charge in [0.1, 0.15) is 11.3 Å². The predicted octanol–water partition coefficient (Wildman–Crippen LogP) is 1.41. The van der Waals surface area contributed by atoms with Crippen LogP contribution in [0.1, 0.15) is 18.7 Å². The minimum Gasteiger partial charge on any atom is -0.384 e. The summed E-state index contributed by atoms with van der Waals surface area (Å²) in [5.74, 6) is 1.54. The van der Waals surface area contributed by atoms with Crippen molar-refractivity contribution in [1.82, 2.24) is 14.5 Å². The molecule has 1 aromatic carbocycles. The highest BCUT2D eigenvalue weighted by molar-refractivity contribution is 6.06. The summed E-state index contributed by atoms with van der Waals surface area (Å²) in [5, 5.41) is 1.05. The summed E-state index contributed by atoms with van der Waals surface area (Å²) < 4.78 is 7.46. The molecule has 6 N–H and O–H groups in total. The van der Waals surface area contributed by atoms with E-state index in [1.54, 1.807) is 7.11 Å². The summed E-state index contributed by atoms with van der Waals surface area (Å²) in [6.45, 7) is 2.03. The van der Waals surface area contributed by atoms with E-state index >= 15 is 0 Å². The zero-order valence-electron chi connectivity index (χ0n) is 15.0. The van der Waals surface area contributed by atoms with Crippen molar-refractivity contribution in [1.29, 1.82) is 0 Å². The molecule has 0 saturated carbocycles. The first-order valence-electron chi connectivity index (χ1n) is 8.69. The fraction of sp³-hybridized carbons (Fsp3) is 0.389. The molecule has 0 radical (unpaired) electrons. The number of hydrogen-bond acceptors (Lipinski definition) is 5. The van der Waals surface area contributed by atoms with Crippen LogP contribution in [0, 0.1) is 0 Å². The molecule has 0 unspecified atom stereocenters. The van der Waals surface area contributed by atoms with Gasteiger partial charge in [0.2, 0.25) is 0 Å². The fourth-order valence-electron chi connectivity index (χ4n) is 3.12. The number of nitrogens with two attached hydrogens (primary N) is 3. The van der Waals surface area contributed by atoms with Crippen LogP contribution >= 0.6 is 0 Å². The minimum absolute atomic E-state index is 0.128. The van der Waals surface area contributed by atoms with E-state index in [-0.39, 0.29) is 5.96 Å². The Morgan fingerprint density at radius 3 is 2.77 bits per heavy atom. The number of aromatic nitrogens is 3. The number of ether oxygens (including phenoxy) is 1. The lowest BCUT2D eigenvalue weighted by Gasteiger charge is -2.10. The number of pyridine rings is 1. The summed E-state index contributed by atoms with van der Waals surface area (Å²) in [5.41, 5.74) is 19.6. The van der Waals surface area contributed by atoms with Crippen LogP contribution in [0.5, 0.6) is 0 Å². The van der Waals surface area contributed by atoms with E-state index in [1.165, 1.54) is 0 Å². The van der Waals surface area contributed by atoms with Crippen LogP contribution in [0.15, 0.2) is 29.3 Å². The van der Waals surface area contributed by atoms with E-state index in [0.717, 1.165) is 47.1 Å². The first-order chi connectivity index (χ1) is 12.6. The number of unbranched alkanes of at least 4 members (excludes halogenated alkanes) is 1. The molecule has 0 aliphatic carbocycles. The number of nitrogens with zero attached hydrogens (tertiary/aromatic N) is 4. The molecule has 0 amide bonds. The number of imidazole rings is 1. The Balaban J connectivity index is 2.00. The van der Waals surface area contributed by atoms with Crippen molar-refractivity contribution in [3.8, 4) is 0 Å². The number of aliphatic imine (C=N–C) groups is 1. The highest BCUT2D eigenvalue weighted by Gasteiger charge is 2.16. The maximum Gasteiger partial charge on any atom is 0.185 e. The number of aryl methyl sites for hydroxylation is 1.